The monoisotopic (exact) mass is 433 g/mol. The van der Waals surface area contributed by atoms with Crippen molar-refractivity contribution in [2.75, 3.05) is 0 Å². The molecular formula is C26H43NO4. The van der Waals surface area contributed by atoms with E-state index in [1.54, 1.807) is 0 Å². The topological polar surface area (TPSA) is 64.6 Å². The third-order valence-electron chi connectivity index (χ3n) is 5.03. The lowest BCUT2D eigenvalue weighted by Gasteiger charge is -2.23. The van der Waals surface area contributed by atoms with Crippen LogP contribution in [0.3, 0.4) is 0 Å². The van der Waals surface area contributed by atoms with Crippen LogP contribution >= 0.6 is 0 Å². The first-order valence-electron chi connectivity index (χ1n) is 12.0. The van der Waals surface area contributed by atoms with Crippen LogP contribution < -0.4 is 5.32 Å². The normalized spacial score (nSPS) is 12.3. The van der Waals surface area contributed by atoms with Crippen molar-refractivity contribution in [3.63, 3.8) is 0 Å². The van der Waals surface area contributed by atoms with Gasteiger partial charge in [-0.3, -0.25) is 4.79 Å². The highest BCUT2D eigenvalue weighted by Crippen LogP contribution is 2.14. The second kappa shape index (κ2) is 15.7. The van der Waals surface area contributed by atoms with Gasteiger partial charge in [0, 0.05) is 6.04 Å². The number of ether oxygens (including phenoxy) is 2. The Labute approximate surface area is 189 Å². The van der Waals surface area contributed by atoms with Crippen molar-refractivity contribution in [1.82, 2.24) is 5.32 Å². The zero-order chi connectivity index (χ0) is 23.0. The number of unbranched alkanes of at least 4 members (excludes halogenated alkanes) is 8. The molecular weight excluding hydrogens is 390 g/mol. The molecule has 0 aromatic heterocycles. The molecule has 5 heteroatoms. The summed E-state index contributed by atoms with van der Waals surface area (Å²) >= 11 is 0. The molecule has 0 saturated heterocycles. The Kier molecular flexibility index (Phi) is 13.7. The van der Waals surface area contributed by atoms with Crippen LogP contribution in [0.2, 0.25) is 0 Å². The van der Waals surface area contributed by atoms with Crippen LogP contribution in [-0.4, -0.2) is 23.7 Å². The number of nitrogens with one attached hydrogen (secondary N) is 1. The molecule has 31 heavy (non-hydrogen) atoms. The quantitative estimate of drug-likeness (QED) is 0.240. The number of alkyl carbamates (subject to hydrolysis) is 1. The van der Waals surface area contributed by atoms with E-state index in [9.17, 15) is 9.59 Å². The average Bonchev–Trinajstić information content (AvgIpc) is 2.70. The number of amides is 1. The summed E-state index contributed by atoms with van der Waals surface area (Å²) in [6.45, 7) is 7.97. The van der Waals surface area contributed by atoms with Crippen LogP contribution in [0, 0.1) is 0 Å². The highest BCUT2D eigenvalue weighted by atomic mass is 16.6. The molecule has 0 aliphatic rings. The summed E-state index contributed by atoms with van der Waals surface area (Å²) in [4.78, 5) is 24.5. The first kappa shape index (κ1) is 27.0. The Morgan fingerprint density at radius 3 is 2.06 bits per heavy atom. The lowest BCUT2D eigenvalue weighted by atomic mass is 10.0. The number of hydrogen-bond donors (Lipinski definition) is 1. The molecule has 1 aromatic carbocycles. The molecule has 1 rings (SSSR count). The Balaban J connectivity index is 2.39. The minimum absolute atomic E-state index is 0.156. The molecule has 0 heterocycles. The molecule has 1 amide bonds. The van der Waals surface area contributed by atoms with Crippen molar-refractivity contribution in [2.24, 2.45) is 0 Å². The smallest absolute Gasteiger partial charge is 0.407 e. The van der Waals surface area contributed by atoms with Gasteiger partial charge in [-0.2, -0.15) is 0 Å². The van der Waals surface area contributed by atoms with Gasteiger partial charge in [-0.1, -0.05) is 95.0 Å². The van der Waals surface area contributed by atoms with Gasteiger partial charge in [0.2, 0.25) is 0 Å². The molecule has 0 saturated carbocycles. The minimum atomic E-state index is -0.569. The number of benzene rings is 1. The van der Waals surface area contributed by atoms with Crippen molar-refractivity contribution in [1.29, 1.82) is 0 Å². The summed E-state index contributed by atoms with van der Waals surface area (Å²) in [5, 5.41) is 2.87. The second-order valence-electron chi connectivity index (χ2n) is 9.31. The molecule has 0 spiro atoms. The summed E-state index contributed by atoms with van der Waals surface area (Å²) in [5.41, 5.74) is 0.381. The van der Waals surface area contributed by atoms with Gasteiger partial charge in [0.1, 0.15) is 12.2 Å². The van der Waals surface area contributed by atoms with Gasteiger partial charge < -0.3 is 14.8 Å². The van der Waals surface area contributed by atoms with Crippen LogP contribution in [0.4, 0.5) is 4.79 Å². The lowest BCUT2D eigenvalue weighted by molar-refractivity contribution is -0.145. The first-order chi connectivity index (χ1) is 14.8. The first-order valence-corrected chi connectivity index (χ1v) is 12.0. The highest BCUT2D eigenvalue weighted by molar-refractivity contribution is 5.73. The fourth-order valence-corrected chi connectivity index (χ4v) is 3.40. The van der Waals surface area contributed by atoms with Crippen molar-refractivity contribution in [3.8, 4) is 0 Å². The van der Waals surface area contributed by atoms with E-state index in [1.807, 2.05) is 51.1 Å². The summed E-state index contributed by atoms with van der Waals surface area (Å²) in [7, 11) is 0. The fraction of sp³-hybridized carbons (Fsp3) is 0.692. The van der Waals surface area contributed by atoms with E-state index in [4.69, 9.17) is 9.47 Å². The Bertz CT molecular complexity index is 610. The van der Waals surface area contributed by atoms with Gasteiger partial charge in [0.15, 0.2) is 0 Å². The van der Waals surface area contributed by atoms with E-state index in [2.05, 4.69) is 12.2 Å². The van der Waals surface area contributed by atoms with E-state index in [0.29, 0.717) is 0 Å². The maximum absolute atomic E-state index is 12.3. The van der Waals surface area contributed by atoms with Gasteiger partial charge in [-0.05, 0) is 32.8 Å². The molecule has 0 aliphatic carbocycles. The summed E-state index contributed by atoms with van der Waals surface area (Å²) in [5.74, 6) is -0.305. The zero-order valence-electron chi connectivity index (χ0n) is 20.1. The van der Waals surface area contributed by atoms with Crippen molar-refractivity contribution >= 4 is 12.1 Å². The third kappa shape index (κ3) is 15.4. The Morgan fingerprint density at radius 2 is 1.48 bits per heavy atom. The molecule has 1 aromatic rings. The maximum Gasteiger partial charge on any atom is 0.407 e. The number of carbonyl (C=O) groups is 2. The number of esters is 1. The van der Waals surface area contributed by atoms with Crippen molar-refractivity contribution in [2.45, 2.75) is 117 Å². The van der Waals surface area contributed by atoms with E-state index in [-0.39, 0.29) is 25.0 Å². The molecule has 0 unspecified atom stereocenters. The van der Waals surface area contributed by atoms with Crippen LogP contribution in [0.15, 0.2) is 30.3 Å². The Hall–Kier alpha value is -2.04. The van der Waals surface area contributed by atoms with E-state index >= 15 is 0 Å². The second-order valence-corrected chi connectivity index (χ2v) is 9.31. The predicted molar refractivity (Wildman–Crippen MR) is 126 cm³/mol. The van der Waals surface area contributed by atoms with Gasteiger partial charge in [0.25, 0.3) is 0 Å². The standard InChI is InChI=1S/C26H43NO4/c1-5-6-7-8-9-10-11-12-16-19-23(27-25(29)31-26(2,3)4)20-24(28)30-21-22-17-14-13-15-18-22/h13-15,17-18,23H,5-12,16,19-21H2,1-4H3,(H,27,29)/t23-/m1/s1. The molecule has 5 nitrogen and oxygen atoms in total. The average molecular weight is 434 g/mol. The predicted octanol–water partition coefficient (Wildman–Crippen LogP) is 6.93. The molecule has 0 radical (unpaired) electrons. The van der Waals surface area contributed by atoms with Crippen molar-refractivity contribution in [3.05, 3.63) is 35.9 Å². The number of hydrogen-bond acceptors (Lipinski definition) is 4. The van der Waals surface area contributed by atoms with E-state index in [0.717, 1.165) is 24.8 Å². The molecule has 176 valence electrons. The third-order valence-corrected chi connectivity index (χ3v) is 5.03. The Morgan fingerprint density at radius 1 is 0.903 bits per heavy atom. The fourth-order valence-electron chi connectivity index (χ4n) is 3.40. The number of carbonyl (C=O) groups excluding carboxylic acids is 2. The lowest BCUT2D eigenvalue weighted by Crippen LogP contribution is -2.40. The van der Waals surface area contributed by atoms with Crippen LogP contribution in [0.25, 0.3) is 0 Å². The highest BCUT2D eigenvalue weighted by Gasteiger charge is 2.21. The van der Waals surface area contributed by atoms with Crippen LogP contribution in [0.5, 0.6) is 0 Å². The number of rotatable bonds is 15. The van der Waals surface area contributed by atoms with Gasteiger partial charge in [0.05, 0.1) is 6.42 Å². The van der Waals surface area contributed by atoms with Crippen molar-refractivity contribution < 1.29 is 19.1 Å². The summed E-state index contributed by atoms with van der Waals surface area (Å²) in [6.07, 6.45) is 11.5. The van der Waals surface area contributed by atoms with E-state index < -0.39 is 11.7 Å². The molecule has 0 fully saturated rings. The van der Waals surface area contributed by atoms with Crippen LogP contribution in [-0.2, 0) is 20.9 Å². The summed E-state index contributed by atoms with van der Waals surface area (Å²) < 4.78 is 10.8. The zero-order valence-corrected chi connectivity index (χ0v) is 20.1. The van der Waals surface area contributed by atoms with Crippen LogP contribution in [0.1, 0.15) is 104 Å². The molecule has 1 atom stereocenters. The molecule has 1 N–H and O–H groups in total. The van der Waals surface area contributed by atoms with Gasteiger partial charge in [-0.15, -0.1) is 0 Å². The van der Waals surface area contributed by atoms with E-state index in [1.165, 1.54) is 44.9 Å². The van der Waals surface area contributed by atoms with Gasteiger partial charge >= 0.3 is 12.1 Å². The minimum Gasteiger partial charge on any atom is -0.461 e. The molecule has 0 aliphatic heterocycles. The summed E-state index contributed by atoms with van der Waals surface area (Å²) in [6, 6.07) is 9.33. The SMILES string of the molecule is CCCCCCCCCCC[C@H](CC(=O)OCc1ccccc1)NC(=O)OC(C)(C)C. The van der Waals surface area contributed by atoms with Gasteiger partial charge in [-0.25, -0.2) is 4.79 Å². The molecule has 0 bridgehead atoms. The largest absolute Gasteiger partial charge is 0.461 e. The maximum atomic E-state index is 12.3.